The number of carbonyl (C=O) groups excluding carboxylic acids is 2. The highest BCUT2D eigenvalue weighted by Gasteiger charge is 2.19. The van der Waals surface area contributed by atoms with Crippen LogP contribution in [0.1, 0.15) is 33.2 Å². The van der Waals surface area contributed by atoms with Gasteiger partial charge in [0.25, 0.3) is 0 Å². The minimum atomic E-state index is -0.575. The van der Waals surface area contributed by atoms with E-state index in [-0.39, 0.29) is 11.3 Å². The molecule has 0 aliphatic rings. The van der Waals surface area contributed by atoms with Gasteiger partial charge in [-0.1, -0.05) is 48.5 Å². The highest BCUT2D eigenvalue weighted by Crippen LogP contribution is 2.21. The molecule has 0 atom stereocenters. The van der Waals surface area contributed by atoms with Crippen molar-refractivity contribution in [1.29, 1.82) is 0 Å². The molecule has 3 rings (SSSR count). The molecule has 0 amide bonds. The van der Waals surface area contributed by atoms with Crippen molar-refractivity contribution in [3.8, 4) is 11.5 Å². The molecule has 4 nitrogen and oxygen atoms in total. The van der Waals surface area contributed by atoms with Crippen LogP contribution in [0.25, 0.3) is 0 Å². The van der Waals surface area contributed by atoms with Gasteiger partial charge in [0.1, 0.15) is 11.5 Å². The van der Waals surface area contributed by atoms with E-state index >= 15 is 0 Å². The zero-order chi connectivity index (χ0) is 18.4. The Labute approximate surface area is 152 Å². The summed E-state index contributed by atoms with van der Waals surface area (Å²) >= 11 is 0. The van der Waals surface area contributed by atoms with Gasteiger partial charge < -0.3 is 9.47 Å². The summed E-state index contributed by atoms with van der Waals surface area (Å²) in [5.41, 5.74) is 1.07. The first kappa shape index (κ1) is 17.4. The van der Waals surface area contributed by atoms with Crippen molar-refractivity contribution in [3.63, 3.8) is 0 Å². The molecule has 0 fully saturated rings. The highest BCUT2D eigenvalue weighted by atomic mass is 16.5. The van der Waals surface area contributed by atoms with Crippen LogP contribution in [0.3, 0.4) is 0 Å². The Hall–Kier alpha value is -3.40. The maximum Gasteiger partial charge on any atom is 0.344 e. The largest absolute Gasteiger partial charge is 0.494 e. The zero-order valence-corrected chi connectivity index (χ0v) is 14.3. The molecule has 0 radical (unpaired) electrons. The molecule has 130 valence electrons. The third-order valence-electron chi connectivity index (χ3n) is 3.77. The Balaban J connectivity index is 1.83. The van der Waals surface area contributed by atoms with E-state index in [0.717, 1.165) is 0 Å². The van der Waals surface area contributed by atoms with Crippen molar-refractivity contribution in [2.45, 2.75) is 6.92 Å². The maximum atomic E-state index is 12.7. The molecular weight excluding hydrogens is 328 g/mol. The number of hydrogen-bond acceptors (Lipinski definition) is 4. The third kappa shape index (κ3) is 3.98. The summed E-state index contributed by atoms with van der Waals surface area (Å²) in [7, 11) is 0. The lowest BCUT2D eigenvalue weighted by Gasteiger charge is -2.09. The molecule has 0 spiro atoms. The van der Waals surface area contributed by atoms with Crippen LogP contribution in [0.4, 0.5) is 0 Å². The summed E-state index contributed by atoms with van der Waals surface area (Å²) in [4.78, 5) is 25.3. The van der Waals surface area contributed by atoms with Crippen LogP contribution in [-0.4, -0.2) is 18.4 Å². The number of hydrogen-bond donors (Lipinski definition) is 0. The summed E-state index contributed by atoms with van der Waals surface area (Å²) in [6.45, 7) is 2.46. The second kappa shape index (κ2) is 8.12. The molecule has 0 heterocycles. The average molecular weight is 346 g/mol. The molecule has 0 aromatic heterocycles. The Morgan fingerprint density at radius 1 is 0.731 bits per heavy atom. The average Bonchev–Trinajstić information content (AvgIpc) is 2.70. The van der Waals surface area contributed by atoms with Crippen molar-refractivity contribution < 1.29 is 19.1 Å². The topological polar surface area (TPSA) is 52.6 Å². The molecule has 0 aliphatic carbocycles. The van der Waals surface area contributed by atoms with Gasteiger partial charge in [0.05, 0.1) is 12.2 Å². The summed E-state index contributed by atoms with van der Waals surface area (Å²) in [6, 6.07) is 22.3. The Morgan fingerprint density at radius 3 is 1.96 bits per heavy atom. The van der Waals surface area contributed by atoms with E-state index in [1.54, 1.807) is 72.8 Å². The van der Waals surface area contributed by atoms with Gasteiger partial charge in [0.15, 0.2) is 5.78 Å². The van der Waals surface area contributed by atoms with Crippen LogP contribution in [0.15, 0.2) is 78.9 Å². The Kier molecular flexibility index (Phi) is 5.44. The lowest BCUT2D eigenvalue weighted by Crippen LogP contribution is -2.14. The normalized spacial score (nSPS) is 10.2. The molecule has 4 heteroatoms. The fourth-order valence-electron chi connectivity index (χ4n) is 2.54. The minimum absolute atomic E-state index is 0.218. The Bertz CT molecular complexity index is 899. The second-order valence-electron chi connectivity index (χ2n) is 5.53. The standard InChI is InChI=1S/C22H18O4/c1-2-25-17-12-14-18(15-13-17)26-22(24)20-11-7-6-10-19(20)21(23)16-8-4-3-5-9-16/h3-15H,2H2,1H3. The van der Waals surface area contributed by atoms with Gasteiger partial charge in [-0.15, -0.1) is 0 Å². The summed E-state index contributed by atoms with van der Waals surface area (Å²) in [6.07, 6.45) is 0. The fourth-order valence-corrected chi connectivity index (χ4v) is 2.54. The maximum absolute atomic E-state index is 12.7. The number of rotatable bonds is 6. The number of esters is 1. The van der Waals surface area contributed by atoms with Crippen molar-refractivity contribution in [1.82, 2.24) is 0 Å². The summed E-state index contributed by atoms with van der Waals surface area (Å²) < 4.78 is 10.8. The smallest absolute Gasteiger partial charge is 0.344 e. The van der Waals surface area contributed by atoms with Crippen LogP contribution in [0.2, 0.25) is 0 Å². The van der Waals surface area contributed by atoms with Crippen molar-refractivity contribution in [2.24, 2.45) is 0 Å². The van der Waals surface area contributed by atoms with Gasteiger partial charge in [-0.3, -0.25) is 4.79 Å². The molecule has 3 aromatic carbocycles. The Morgan fingerprint density at radius 2 is 1.31 bits per heavy atom. The number of ether oxygens (including phenoxy) is 2. The fraction of sp³-hybridized carbons (Fsp3) is 0.0909. The lowest BCUT2D eigenvalue weighted by atomic mass is 9.98. The van der Waals surface area contributed by atoms with E-state index < -0.39 is 5.97 Å². The van der Waals surface area contributed by atoms with Crippen LogP contribution < -0.4 is 9.47 Å². The molecule has 0 N–H and O–H groups in total. The predicted molar refractivity (Wildman–Crippen MR) is 98.9 cm³/mol. The van der Waals surface area contributed by atoms with Crippen LogP contribution >= 0.6 is 0 Å². The van der Waals surface area contributed by atoms with Crippen LogP contribution in [-0.2, 0) is 0 Å². The summed E-state index contributed by atoms with van der Waals surface area (Å²) in [5, 5.41) is 0. The van der Waals surface area contributed by atoms with E-state index in [0.29, 0.717) is 29.2 Å². The van der Waals surface area contributed by atoms with E-state index in [1.807, 2.05) is 13.0 Å². The second-order valence-corrected chi connectivity index (χ2v) is 5.53. The van der Waals surface area contributed by atoms with Gasteiger partial charge >= 0.3 is 5.97 Å². The molecule has 0 unspecified atom stereocenters. The molecule has 0 bridgehead atoms. The number of benzene rings is 3. The highest BCUT2D eigenvalue weighted by molar-refractivity contribution is 6.14. The van der Waals surface area contributed by atoms with Crippen molar-refractivity contribution in [2.75, 3.05) is 6.61 Å². The first-order valence-corrected chi connectivity index (χ1v) is 8.33. The first-order chi connectivity index (χ1) is 12.7. The van der Waals surface area contributed by atoms with Crippen LogP contribution in [0, 0.1) is 0 Å². The van der Waals surface area contributed by atoms with E-state index in [2.05, 4.69) is 0 Å². The number of ketones is 1. The molecule has 0 aliphatic heterocycles. The predicted octanol–water partition coefficient (Wildman–Crippen LogP) is 4.54. The van der Waals surface area contributed by atoms with Crippen molar-refractivity contribution >= 4 is 11.8 Å². The van der Waals surface area contributed by atoms with Crippen molar-refractivity contribution in [3.05, 3.63) is 95.6 Å². The molecule has 0 saturated carbocycles. The zero-order valence-electron chi connectivity index (χ0n) is 14.3. The SMILES string of the molecule is CCOc1ccc(OC(=O)c2ccccc2C(=O)c2ccccc2)cc1. The quantitative estimate of drug-likeness (QED) is 0.374. The molecular formula is C22H18O4. The van der Waals surface area contributed by atoms with Crippen LogP contribution in [0.5, 0.6) is 11.5 Å². The van der Waals surface area contributed by atoms with E-state index in [9.17, 15) is 9.59 Å². The van der Waals surface area contributed by atoms with E-state index in [4.69, 9.17) is 9.47 Å². The molecule has 3 aromatic rings. The minimum Gasteiger partial charge on any atom is -0.494 e. The number of carbonyl (C=O) groups is 2. The lowest BCUT2D eigenvalue weighted by molar-refractivity contribution is 0.0730. The molecule has 26 heavy (non-hydrogen) atoms. The van der Waals surface area contributed by atoms with Gasteiger partial charge in [-0.25, -0.2) is 4.79 Å². The first-order valence-electron chi connectivity index (χ1n) is 8.33. The summed E-state index contributed by atoms with van der Waals surface area (Å²) in [5.74, 6) is 0.297. The van der Waals surface area contributed by atoms with Gasteiger partial charge in [0, 0.05) is 11.1 Å². The van der Waals surface area contributed by atoms with Gasteiger partial charge in [-0.05, 0) is 37.3 Å². The van der Waals surface area contributed by atoms with Gasteiger partial charge in [-0.2, -0.15) is 0 Å². The third-order valence-corrected chi connectivity index (χ3v) is 3.77. The monoisotopic (exact) mass is 346 g/mol. The molecule has 0 saturated heterocycles. The van der Waals surface area contributed by atoms with Gasteiger partial charge in [0.2, 0.25) is 0 Å². The van der Waals surface area contributed by atoms with E-state index in [1.165, 1.54) is 0 Å².